The zero-order chi connectivity index (χ0) is 67.3. The van der Waals surface area contributed by atoms with Gasteiger partial charge in [0, 0.05) is 25.7 Å². The number of ether oxygens (including phenoxy) is 4. The molecule has 0 radical (unpaired) electrons. The van der Waals surface area contributed by atoms with Crippen LogP contribution in [0.2, 0.25) is 0 Å². The molecule has 0 aliphatic heterocycles. The number of esters is 4. The maximum Gasteiger partial charge on any atom is 0.472 e. The molecule has 0 spiro atoms. The maximum absolute atomic E-state index is 13.0. The van der Waals surface area contributed by atoms with Crippen LogP contribution in [0.3, 0.4) is 0 Å². The molecule has 0 rings (SSSR count). The summed E-state index contributed by atoms with van der Waals surface area (Å²) < 4.78 is 68.3. The van der Waals surface area contributed by atoms with Crippen LogP contribution in [0, 0.1) is 17.8 Å². The summed E-state index contributed by atoms with van der Waals surface area (Å²) in [5.41, 5.74) is 0. The van der Waals surface area contributed by atoms with Crippen LogP contribution in [-0.2, 0) is 65.4 Å². The molecule has 0 aromatic carbocycles. The third-order valence-electron chi connectivity index (χ3n) is 17.7. The molecule has 0 aromatic heterocycles. The third-order valence-corrected chi connectivity index (χ3v) is 19.6. The van der Waals surface area contributed by atoms with E-state index in [1.54, 1.807) is 0 Å². The summed E-state index contributed by atoms with van der Waals surface area (Å²) in [6.07, 6.45) is 47.1. The van der Waals surface area contributed by atoms with Crippen molar-refractivity contribution in [3.8, 4) is 0 Å². The van der Waals surface area contributed by atoms with Crippen LogP contribution >= 0.6 is 15.6 Å². The van der Waals surface area contributed by atoms with Crippen LogP contribution in [0.15, 0.2) is 0 Å². The molecule has 0 aliphatic rings. The molecular formula is C72H140O17P2. The second kappa shape index (κ2) is 62.8. The van der Waals surface area contributed by atoms with Gasteiger partial charge in [0.25, 0.3) is 0 Å². The Labute approximate surface area is 556 Å². The number of hydrogen-bond donors (Lipinski definition) is 3. The molecule has 0 amide bonds. The number of carbonyl (C=O) groups is 4. The number of phosphoric acid groups is 2. The fourth-order valence-corrected chi connectivity index (χ4v) is 12.4. The summed E-state index contributed by atoms with van der Waals surface area (Å²) in [7, 11) is -9.90. The number of carbonyl (C=O) groups excluding carboxylic acids is 4. The third kappa shape index (κ3) is 62.6. The van der Waals surface area contributed by atoms with Crippen molar-refractivity contribution >= 4 is 39.5 Å². The zero-order valence-electron chi connectivity index (χ0n) is 59.3. The van der Waals surface area contributed by atoms with Gasteiger partial charge >= 0.3 is 39.5 Å². The van der Waals surface area contributed by atoms with Gasteiger partial charge in [-0.3, -0.25) is 37.3 Å². The highest BCUT2D eigenvalue weighted by atomic mass is 31.2. The number of hydrogen-bond acceptors (Lipinski definition) is 15. The van der Waals surface area contributed by atoms with Crippen molar-refractivity contribution in [3.05, 3.63) is 0 Å². The van der Waals surface area contributed by atoms with E-state index in [0.29, 0.717) is 25.7 Å². The molecule has 0 aromatic rings. The van der Waals surface area contributed by atoms with Crippen molar-refractivity contribution in [1.29, 1.82) is 0 Å². The summed E-state index contributed by atoms with van der Waals surface area (Å²) >= 11 is 0. The van der Waals surface area contributed by atoms with Gasteiger partial charge in [-0.1, -0.05) is 312 Å². The second-order valence-electron chi connectivity index (χ2n) is 26.7. The molecule has 19 heteroatoms. The number of phosphoric ester groups is 2. The minimum Gasteiger partial charge on any atom is -0.462 e. The van der Waals surface area contributed by atoms with Gasteiger partial charge in [-0.05, 0) is 43.4 Å². The Morgan fingerprint density at radius 3 is 0.780 bits per heavy atom. The highest BCUT2D eigenvalue weighted by Crippen LogP contribution is 2.45. The van der Waals surface area contributed by atoms with Crippen molar-refractivity contribution < 1.29 is 80.2 Å². The first-order valence-corrected chi connectivity index (χ1v) is 40.5. The first-order chi connectivity index (χ1) is 43.8. The normalized spacial score (nSPS) is 15.1. The Morgan fingerprint density at radius 2 is 0.527 bits per heavy atom. The molecule has 0 fully saturated rings. The largest absolute Gasteiger partial charge is 0.472 e. The van der Waals surface area contributed by atoms with Gasteiger partial charge < -0.3 is 33.8 Å². The van der Waals surface area contributed by atoms with E-state index in [1.807, 2.05) is 0 Å². The Balaban J connectivity index is 5.22. The van der Waals surface area contributed by atoms with Gasteiger partial charge in [0.05, 0.1) is 26.4 Å². The molecule has 0 heterocycles. The molecule has 0 saturated heterocycles. The smallest absolute Gasteiger partial charge is 0.462 e. The lowest BCUT2D eigenvalue weighted by Crippen LogP contribution is -2.30. The average Bonchev–Trinajstić information content (AvgIpc) is 3.48. The molecule has 8 atom stereocenters. The molecule has 0 aliphatic carbocycles. The monoisotopic (exact) mass is 1340 g/mol. The topological polar surface area (TPSA) is 237 Å². The van der Waals surface area contributed by atoms with E-state index in [9.17, 15) is 43.2 Å². The molecule has 0 saturated carbocycles. The predicted molar refractivity (Wildman–Crippen MR) is 368 cm³/mol. The van der Waals surface area contributed by atoms with Crippen molar-refractivity contribution in [1.82, 2.24) is 0 Å². The minimum absolute atomic E-state index is 0.104. The first kappa shape index (κ1) is 89.1. The standard InChI is InChI=1S/C72H140O17P2/c1-8-12-13-14-29-39-46-53-69(74)82-59-67(89-72(77)56-49-42-35-28-27-32-38-45-52-65(7)11-4)61-86-90(78,79)84-57-66(73)58-85-91(80,81)87-62-68(60-83-70(75)54-47-40-33-25-22-21-24-31-37-44-51-64(6)10-3)88-71(76)55-48-41-34-26-20-18-16-15-17-19-23-30-36-43-50-63(5)9-2/h63-68,73H,8-62H2,1-7H3,(H,78,79)(H,80,81)/t63?,64?,65?,66-,67+,68+/m0/s1. The molecular weight excluding hydrogens is 1200 g/mol. The van der Waals surface area contributed by atoms with Crippen LogP contribution in [0.25, 0.3) is 0 Å². The van der Waals surface area contributed by atoms with E-state index in [0.717, 1.165) is 120 Å². The van der Waals surface area contributed by atoms with Gasteiger partial charge in [0.2, 0.25) is 0 Å². The Morgan fingerprint density at radius 1 is 0.308 bits per heavy atom. The second-order valence-corrected chi connectivity index (χ2v) is 29.6. The molecule has 17 nitrogen and oxygen atoms in total. The van der Waals surface area contributed by atoms with Crippen molar-refractivity contribution in [3.63, 3.8) is 0 Å². The van der Waals surface area contributed by atoms with Crippen LogP contribution in [-0.4, -0.2) is 96.7 Å². The van der Waals surface area contributed by atoms with Gasteiger partial charge in [-0.2, -0.15) is 0 Å². The van der Waals surface area contributed by atoms with Crippen molar-refractivity contribution in [2.45, 2.75) is 381 Å². The van der Waals surface area contributed by atoms with Gasteiger partial charge in [-0.15, -0.1) is 0 Å². The summed E-state index contributed by atoms with van der Waals surface area (Å²) in [4.78, 5) is 72.5. The highest BCUT2D eigenvalue weighted by molar-refractivity contribution is 7.47. The van der Waals surface area contributed by atoms with E-state index < -0.39 is 97.5 Å². The van der Waals surface area contributed by atoms with E-state index in [2.05, 4.69) is 48.5 Å². The SMILES string of the molecule is CCCCCCCCCC(=O)OC[C@H](COP(=O)(O)OC[C@H](O)COP(=O)(O)OC[C@@H](COC(=O)CCCCCCCCCCCCC(C)CC)OC(=O)CCCCCCCCCCCCCCCCC(C)CC)OC(=O)CCCCCCCCCCC(C)CC. The van der Waals surface area contributed by atoms with Crippen molar-refractivity contribution in [2.24, 2.45) is 17.8 Å². The summed E-state index contributed by atoms with van der Waals surface area (Å²) in [6.45, 7) is 11.9. The predicted octanol–water partition coefficient (Wildman–Crippen LogP) is 20.6. The molecule has 540 valence electrons. The Bertz CT molecular complexity index is 1790. The van der Waals surface area contributed by atoms with E-state index >= 15 is 0 Å². The first-order valence-electron chi connectivity index (χ1n) is 37.5. The average molecular weight is 1340 g/mol. The molecule has 3 N–H and O–H groups in total. The van der Waals surface area contributed by atoms with E-state index in [-0.39, 0.29) is 25.7 Å². The fraction of sp³-hybridized carbons (Fsp3) is 0.944. The van der Waals surface area contributed by atoms with Crippen LogP contribution in [0.5, 0.6) is 0 Å². The molecule has 91 heavy (non-hydrogen) atoms. The van der Waals surface area contributed by atoms with E-state index in [4.69, 9.17) is 37.0 Å². The lowest BCUT2D eigenvalue weighted by molar-refractivity contribution is -0.161. The quantitative estimate of drug-likeness (QED) is 0.0222. The lowest BCUT2D eigenvalue weighted by Gasteiger charge is -2.21. The van der Waals surface area contributed by atoms with Gasteiger partial charge in [-0.25, -0.2) is 9.13 Å². The minimum atomic E-state index is -4.95. The fourth-order valence-electron chi connectivity index (χ4n) is 10.8. The van der Waals surface area contributed by atoms with Crippen LogP contribution in [0.1, 0.15) is 363 Å². The summed E-state index contributed by atoms with van der Waals surface area (Å²) in [5, 5.41) is 10.6. The molecule has 5 unspecified atom stereocenters. The number of aliphatic hydroxyl groups is 1. The number of rotatable bonds is 70. The molecule has 0 bridgehead atoms. The Hall–Kier alpha value is -1.94. The lowest BCUT2D eigenvalue weighted by atomic mass is 9.99. The van der Waals surface area contributed by atoms with Gasteiger partial charge in [0.15, 0.2) is 12.2 Å². The highest BCUT2D eigenvalue weighted by Gasteiger charge is 2.30. The van der Waals surface area contributed by atoms with Gasteiger partial charge in [0.1, 0.15) is 19.3 Å². The summed E-state index contributed by atoms with van der Waals surface area (Å²) in [5.74, 6) is 0.297. The Kier molecular flexibility index (Phi) is 61.5. The van der Waals surface area contributed by atoms with Crippen LogP contribution in [0.4, 0.5) is 0 Å². The maximum atomic E-state index is 13.0. The summed E-state index contributed by atoms with van der Waals surface area (Å²) in [6, 6.07) is 0. The van der Waals surface area contributed by atoms with Crippen molar-refractivity contribution in [2.75, 3.05) is 39.6 Å². The zero-order valence-corrected chi connectivity index (χ0v) is 61.1. The van der Waals surface area contributed by atoms with E-state index in [1.165, 1.54) is 161 Å². The number of unbranched alkanes of at least 4 members (excludes halogenated alkanes) is 35. The van der Waals surface area contributed by atoms with Crippen LogP contribution < -0.4 is 0 Å². The number of aliphatic hydroxyl groups excluding tert-OH is 1.